The summed E-state index contributed by atoms with van der Waals surface area (Å²) < 4.78 is 31.7. The first-order valence-electron chi connectivity index (χ1n) is 4.56. The molecule has 0 fully saturated rings. The summed E-state index contributed by atoms with van der Waals surface area (Å²) in [4.78, 5) is 0. The van der Waals surface area contributed by atoms with Crippen molar-refractivity contribution in [2.45, 2.75) is 18.9 Å². The van der Waals surface area contributed by atoms with Crippen molar-refractivity contribution < 1.29 is 13.5 Å². The van der Waals surface area contributed by atoms with Crippen LogP contribution < -0.4 is 10.5 Å². The van der Waals surface area contributed by atoms with Gasteiger partial charge in [-0.2, -0.15) is 0 Å². The van der Waals surface area contributed by atoms with E-state index in [2.05, 4.69) is 0 Å². The molecule has 1 atom stereocenters. The summed E-state index contributed by atoms with van der Waals surface area (Å²) in [7, 11) is 0. The standard InChI is InChI=1S/C10H11F2NO/c11-6-3-4-7(12)10-9(6)8(13)2-1-5-14-10/h3-4,8H,1-2,5,13H2/t8-/m1/s1. The first-order valence-corrected chi connectivity index (χ1v) is 4.56. The molecule has 14 heavy (non-hydrogen) atoms. The Kier molecular flexibility index (Phi) is 2.37. The number of ether oxygens (including phenoxy) is 1. The molecule has 2 rings (SSSR count). The van der Waals surface area contributed by atoms with Crippen LogP contribution in [-0.4, -0.2) is 6.61 Å². The zero-order valence-corrected chi connectivity index (χ0v) is 7.59. The van der Waals surface area contributed by atoms with Gasteiger partial charge >= 0.3 is 0 Å². The Morgan fingerprint density at radius 2 is 2.00 bits per heavy atom. The predicted molar refractivity (Wildman–Crippen MR) is 48.0 cm³/mol. The quantitative estimate of drug-likeness (QED) is 0.694. The van der Waals surface area contributed by atoms with Gasteiger partial charge in [0.15, 0.2) is 11.6 Å². The lowest BCUT2D eigenvalue weighted by atomic mass is 10.0. The summed E-state index contributed by atoms with van der Waals surface area (Å²) in [6, 6.07) is 1.68. The number of hydrogen-bond acceptors (Lipinski definition) is 2. The van der Waals surface area contributed by atoms with Crippen LogP contribution in [0, 0.1) is 11.6 Å². The topological polar surface area (TPSA) is 35.2 Å². The molecule has 1 aromatic carbocycles. The highest BCUT2D eigenvalue weighted by Crippen LogP contribution is 2.34. The second kappa shape index (κ2) is 3.53. The Hall–Kier alpha value is -1.16. The molecule has 1 aliphatic heterocycles. The van der Waals surface area contributed by atoms with Crippen LogP contribution in [0.1, 0.15) is 24.4 Å². The van der Waals surface area contributed by atoms with Crippen molar-refractivity contribution in [1.29, 1.82) is 0 Å². The molecule has 76 valence electrons. The van der Waals surface area contributed by atoms with Crippen LogP contribution in [0.3, 0.4) is 0 Å². The van der Waals surface area contributed by atoms with E-state index >= 15 is 0 Å². The Bertz CT molecular complexity index is 354. The van der Waals surface area contributed by atoms with Crippen LogP contribution >= 0.6 is 0 Å². The third kappa shape index (κ3) is 1.46. The molecule has 4 heteroatoms. The van der Waals surface area contributed by atoms with E-state index in [1.165, 1.54) is 0 Å². The van der Waals surface area contributed by atoms with Crippen molar-refractivity contribution in [3.63, 3.8) is 0 Å². The van der Waals surface area contributed by atoms with Crippen molar-refractivity contribution in [3.8, 4) is 5.75 Å². The lowest BCUT2D eigenvalue weighted by Crippen LogP contribution is -2.11. The van der Waals surface area contributed by atoms with Crippen molar-refractivity contribution >= 4 is 0 Å². The second-order valence-corrected chi connectivity index (χ2v) is 3.37. The van der Waals surface area contributed by atoms with Crippen molar-refractivity contribution in [2.24, 2.45) is 5.73 Å². The summed E-state index contributed by atoms with van der Waals surface area (Å²) in [6.07, 6.45) is 1.34. The highest BCUT2D eigenvalue weighted by atomic mass is 19.1. The summed E-state index contributed by atoms with van der Waals surface area (Å²) in [5, 5.41) is 0. The van der Waals surface area contributed by atoms with E-state index in [0.29, 0.717) is 19.4 Å². The average molecular weight is 199 g/mol. The summed E-state index contributed by atoms with van der Waals surface area (Å²) in [5.74, 6) is -1.05. The highest BCUT2D eigenvalue weighted by Gasteiger charge is 2.23. The molecule has 0 saturated heterocycles. The Labute approximate surface area is 80.7 Å². The smallest absolute Gasteiger partial charge is 0.165 e. The summed E-state index contributed by atoms with van der Waals surface area (Å²) >= 11 is 0. The molecule has 0 spiro atoms. The van der Waals surface area contributed by atoms with Gasteiger partial charge in [0, 0.05) is 11.6 Å². The monoisotopic (exact) mass is 199 g/mol. The molecular weight excluding hydrogens is 188 g/mol. The van der Waals surface area contributed by atoms with Gasteiger partial charge in [0.2, 0.25) is 0 Å². The Balaban J connectivity index is 2.57. The summed E-state index contributed by atoms with van der Waals surface area (Å²) in [6.45, 7) is 0.390. The van der Waals surface area contributed by atoms with E-state index in [0.717, 1.165) is 12.1 Å². The SMILES string of the molecule is N[C@@H]1CCCOc2c(F)ccc(F)c21. The van der Waals surface area contributed by atoms with Crippen LogP contribution in [0.25, 0.3) is 0 Å². The molecule has 0 unspecified atom stereocenters. The van der Waals surface area contributed by atoms with Crippen LogP contribution in [0.5, 0.6) is 5.75 Å². The number of nitrogens with two attached hydrogens (primary N) is 1. The molecular formula is C10H11F2NO. The van der Waals surface area contributed by atoms with Gasteiger partial charge < -0.3 is 10.5 Å². The van der Waals surface area contributed by atoms with E-state index in [1.54, 1.807) is 0 Å². The first kappa shape index (κ1) is 9.40. The maximum absolute atomic E-state index is 13.4. The van der Waals surface area contributed by atoms with Gasteiger partial charge in [0.1, 0.15) is 5.82 Å². The lowest BCUT2D eigenvalue weighted by Gasteiger charge is -2.12. The maximum Gasteiger partial charge on any atom is 0.165 e. The molecule has 0 radical (unpaired) electrons. The number of rotatable bonds is 0. The van der Waals surface area contributed by atoms with Crippen LogP contribution in [0.4, 0.5) is 8.78 Å². The van der Waals surface area contributed by atoms with E-state index in [-0.39, 0.29) is 11.3 Å². The minimum Gasteiger partial charge on any atom is -0.490 e. The second-order valence-electron chi connectivity index (χ2n) is 3.37. The van der Waals surface area contributed by atoms with Gasteiger partial charge in [-0.05, 0) is 25.0 Å². The minimum absolute atomic E-state index is 0.0185. The maximum atomic E-state index is 13.4. The van der Waals surface area contributed by atoms with E-state index in [9.17, 15) is 8.78 Å². The number of hydrogen-bond donors (Lipinski definition) is 1. The van der Waals surface area contributed by atoms with Gasteiger partial charge in [0.25, 0.3) is 0 Å². The van der Waals surface area contributed by atoms with Crippen molar-refractivity contribution in [2.75, 3.05) is 6.61 Å². The molecule has 0 amide bonds. The van der Waals surface area contributed by atoms with Gasteiger partial charge in [-0.3, -0.25) is 0 Å². The molecule has 1 aliphatic rings. The summed E-state index contributed by atoms with van der Waals surface area (Å²) in [5.41, 5.74) is 5.90. The van der Waals surface area contributed by atoms with Crippen LogP contribution in [-0.2, 0) is 0 Å². The molecule has 0 aromatic heterocycles. The first-order chi connectivity index (χ1) is 6.70. The minimum atomic E-state index is -0.543. The zero-order chi connectivity index (χ0) is 10.1. The number of fused-ring (bicyclic) bond motifs is 1. The van der Waals surface area contributed by atoms with Gasteiger partial charge in [0.05, 0.1) is 6.61 Å². The molecule has 0 aliphatic carbocycles. The third-order valence-electron chi connectivity index (χ3n) is 2.37. The van der Waals surface area contributed by atoms with E-state index < -0.39 is 17.7 Å². The van der Waals surface area contributed by atoms with E-state index in [1.807, 2.05) is 0 Å². The number of benzene rings is 1. The average Bonchev–Trinajstić information content (AvgIpc) is 2.35. The van der Waals surface area contributed by atoms with Crippen molar-refractivity contribution in [1.82, 2.24) is 0 Å². The molecule has 1 aromatic rings. The molecule has 2 nitrogen and oxygen atoms in total. The molecule has 0 bridgehead atoms. The van der Waals surface area contributed by atoms with Crippen molar-refractivity contribution in [3.05, 3.63) is 29.3 Å². The fourth-order valence-electron chi connectivity index (χ4n) is 1.66. The fourth-order valence-corrected chi connectivity index (χ4v) is 1.66. The Morgan fingerprint density at radius 1 is 1.29 bits per heavy atom. The van der Waals surface area contributed by atoms with Crippen LogP contribution in [0.2, 0.25) is 0 Å². The van der Waals surface area contributed by atoms with Gasteiger partial charge in [-0.1, -0.05) is 0 Å². The highest BCUT2D eigenvalue weighted by molar-refractivity contribution is 5.39. The Morgan fingerprint density at radius 3 is 2.79 bits per heavy atom. The number of halogens is 2. The molecule has 1 heterocycles. The van der Waals surface area contributed by atoms with E-state index in [4.69, 9.17) is 10.5 Å². The third-order valence-corrected chi connectivity index (χ3v) is 2.37. The fraction of sp³-hybridized carbons (Fsp3) is 0.400. The normalized spacial score (nSPS) is 20.9. The van der Waals surface area contributed by atoms with Gasteiger partial charge in [-0.15, -0.1) is 0 Å². The lowest BCUT2D eigenvalue weighted by molar-refractivity contribution is 0.300. The van der Waals surface area contributed by atoms with Gasteiger partial charge in [-0.25, -0.2) is 8.78 Å². The zero-order valence-electron chi connectivity index (χ0n) is 7.59. The molecule has 2 N–H and O–H groups in total. The molecule has 0 saturated carbocycles. The predicted octanol–water partition coefficient (Wildman–Crippen LogP) is 2.14. The van der Waals surface area contributed by atoms with Crippen LogP contribution in [0.15, 0.2) is 12.1 Å². The largest absolute Gasteiger partial charge is 0.490 e.